The number of nitrogens with one attached hydrogen (secondary N) is 2. The van der Waals surface area contributed by atoms with Gasteiger partial charge in [0.05, 0.1) is 22.5 Å². The number of amides is 2. The number of aryl methyl sites for hydroxylation is 1. The number of anilines is 1. The molecule has 1 heterocycles. The molecule has 0 saturated carbocycles. The van der Waals surface area contributed by atoms with Crippen molar-refractivity contribution >= 4 is 40.9 Å². The molecule has 7 nitrogen and oxygen atoms in total. The maximum absolute atomic E-state index is 12.6. The van der Waals surface area contributed by atoms with Crippen LogP contribution in [0.15, 0.2) is 66.3 Å². The van der Waals surface area contributed by atoms with E-state index in [4.69, 9.17) is 11.6 Å². The van der Waals surface area contributed by atoms with E-state index in [1.165, 1.54) is 11.8 Å². The molecule has 2 aromatic carbocycles. The second-order valence-corrected chi connectivity index (χ2v) is 8.47. The number of hydrogen-bond donors (Lipinski definition) is 2. The molecule has 2 N–H and O–H groups in total. The molecule has 3 rings (SSSR count). The van der Waals surface area contributed by atoms with Crippen molar-refractivity contribution in [1.82, 2.24) is 20.1 Å². The highest BCUT2D eigenvalue weighted by Crippen LogP contribution is 2.23. The Hall–Kier alpha value is -3.10. The number of allylic oxidation sites excluding steroid dienone is 1. The highest BCUT2D eigenvalue weighted by atomic mass is 35.5. The molecular formula is C23H24ClN5O2S. The fourth-order valence-electron chi connectivity index (χ4n) is 2.96. The van der Waals surface area contributed by atoms with Crippen LogP contribution in [0.25, 0.3) is 0 Å². The van der Waals surface area contributed by atoms with E-state index in [1.807, 2.05) is 30.5 Å². The van der Waals surface area contributed by atoms with E-state index in [0.29, 0.717) is 33.8 Å². The van der Waals surface area contributed by atoms with Crippen LogP contribution in [0, 0.1) is 6.92 Å². The van der Waals surface area contributed by atoms with Crippen molar-refractivity contribution in [3.63, 3.8) is 0 Å². The van der Waals surface area contributed by atoms with Gasteiger partial charge in [0.15, 0.2) is 11.0 Å². The fourth-order valence-corrected chi connectivity index (χ4v) is 3.89. The maximum Gasteiger partial charge on any atom is 0.251 e. The predicted molar refractivity (Wildman–Crippen MR) is 128 cm³/mol. The summed E-state index contributed by atoms with van der Waals surface area (Å²) in [5.74, 6) is 0.307. The van der Waals surface area contributed by atoms with Gasteiger partial charge in [-0.05, 0) is 38.1 Å². The number of hydrogen-bond acceptors (Lipinski definition) is 5. The monoisotopic (exact) mass is 469 g/mol. The number of carbonyl (C=O) groups excluding carboxylic acids is 2. The summed E-state index contributed by atoms with van der Waals surface area (Å²) in [6.07, 6.45) is 1.72. The maximum atomic E-state index is 12.6. The molecule has 9 heteroatoms. The molecule has 0 bridgehead atoms. The Balaban J connectivity index is 1.66. The Morgan fingerprint density at radius 1 is 1.19 bits per heavy atom. The van der Waals surface area contributed by atoms with Gasteiger partial charge in [-0.3, -0.25) is 9.59 Å². The number of nitrogens with zero attached hydrogens (tertiary/aromatic N) is 3. The molecule has 2 amide bonds. The van der Waals surface area contributed by atoms with Gasteiger partial charge in [-0.2, -0.15) is 0 Å². The third-order valence-corrected chi connectivity index (χ3v) is 5.88. The minimum atomic E-state index is -0.387. The Morgan fingerprint density at radius 2 is 1.91 bits per heavy atom. The zero-order valence-corrected chi connectivity index (χ0v) is 19.4. The highest BCUT2D eigenvalue weighted by molar-refractivity contribution is 7.99. The first-order valence-corrected chi connectivity index (χ1v) is 11.3. The lowest BCUT2D eigenvalue weighted by atomic mass is 10.1. The molecule has 0 radical (unpaired) electrons. The minimum Gasteiger partial charge on any atom is -0.342 e. The number of benzene rings is 2. The fraction of sp³-hybridized carbons (Fsp3) is 0.217. The van der Waals surface area contributed by atoms with Crippen LogP contribution in [0.4, 0.5) is 5.69 Å². The van der Waals surface area contributed by atoms with Crippen molar-refractivity contribution in [1.29, 1.82) is 0 Å². The third kappa shape index (κ3) is 5.99. The molecule has 0 aliphatic rings. The molecule has 0 spiro atoms. The number of rotatable bonds is 9. The van der Waals surface area contributed by atoms with Crippen LogP contribution in [-0.2, 0) is 11.3 Å². The zero-order valence-electron chi connectivity index (χ0n) is 17.8. The van der Waals surface area contributed by atoms with Crippen LogP contribution in [-0.4, -0.2) is 32.3 Å². The number of aromatic nitrogens is 3. The van der Waals surface area contributed by atoms with E-state index in [-0.39, 0.29) is 23.6 Å². The molecule has 0 saturated heterocycles. The van der Waals surface area contributed by atoms with Crippen LogP contribution >= 0.6 is 23.4 Å². The molecule has 166 valence electrons. The minimum absolute atomic E-state index is 0.130. The summed E-state index contributed by atoms with van der Waals surface area (Å²) in [5, 5.41) is 15.2. The zero-order chi connectivity index (χ0) is 23.1. The lowest BCUT2D eigenvalue weighted by Gasteiger charge is -2.15. The van der Waals surface area contributed by atoms with Crippen LogP contribution < -0.4 is 10.6 Å². The normalized spacial score (nSPS) is 11.6. The van der Waals surface area contributed by atoms with Crippen LogP contribution in [0.3, 0.4) is 0 Å². The number of carbonyl (C=O) groups is 2. The predicted octanol–water partition coefficient (Wildman–Crippen LogP) is 4.65. The molecule has 32 heavy (non-hydrogen) atoms. The SMILES string of the molecule is C=CCn1c(SCC(=O)Nc2ccccc2Cl)nnc1[C@H](C)NC(=O)c1ccc(C)cc1. The lowest BCUT2D eigenvalue weighted by molar-refractivity contribution is -0.113. The van der Waals surface area contributed by atoms with Gasteiger partial charge in [-0.25, -0.2) is 0 Å². The van der Waals surface area contributed by atoms with Crippen LogP contribution in [0.1, 0.15) is 34.7 Å². The molecule has 0 fully saturated rings. The van der Waals surface area contributed by atoms with E-state index < -0.39 is 0 Å². The average molecular weight is 470 g/mol. The summed E-state index contributed by atoms with van der Waals surface area (Å²) in [7, 11) is 0. The molecule has 1 aromatic heterocycles. The second-order valence-electron chi connectivity index (χ2n) is 7.12. The van der Waals surface area contributed by atoms with E-state index >= 15 is 0 Å². The van der Waals surface area contributed by atoms with Gasteiger partial charge in [0.1, 0.15) is 0 Å². The number of halogens is 1. The Morgan fingerprint density at radius 3 is 2.59 bits per heavy atom. The first kappa shape index (κ1) is 23.6. The summed E-state index contributed by atoms with van der Waals surface area (Å²) >= 11 is 7.34. The molecule has 3 aromatic rings. The average Bonchev–Trinajstić information content (AvgIpc) is 3.17. The number of thioether (sulfide) groups is 1. The van der Waals surface area contributed by atoms with Crippen LogP contribution in [0.2, 0.25) is 5.02 Å². The van der Waals surface area contributed by atoms with Crippen molar-refractivity contribution in [2.75, 3.05) is 11.1 Å². The second kappa shape index (κ2) is 11.0. The van der Waals surface area contributed by atoms with Gasteiger partial charge < -0.3 is 15.2 Å². The van der Waals surface area contributed by atoms with Gasteiger partial charge in [-0.1, -0.05) is 59.3 Å². The summed E-state index contributed by atoms with van der Waals surface area (Å²) in [6.45, 7) is 8.04. The number of para-hydroxylation sites is 1. The molecular weight excluding hydrogens is 446 g/mol. The molecule has 1 atom stereocenters. The van der Waals surface area contributed by atoms with E-state index in [9.17, 15) is 9.59 Å². The summed E-state index contributed by atoms with van der Waals surface area (Å²) in [5.41, 5.74) is 2.21. The van der Waals surface area contributed by atoms with E-state index in [0.717, 1.165) is 5.56 Å². The van der Waals surface area contributed by atoms with Crippen molar-refractivity contribution in [3.05, 3.63) is 83.2 Å². The van der Waals surface area contributed by atoms with Crippen molar-refractivity contribution in [2.45, 2.75) is 31.6 Å². The molecule has 0 unspecified atom stereocenters. The van der Waals surface area contributed by atoms with Crippen molar-refractivity contribution in [2.24, 2.45) is 0 Å². The van der Waals surface area contributed by atoms with Gasteiger partial charge >= 0.3 is 0 Å². The van der Waals surface area contributed by atoms with Crippen molar-refractivity contribution in [3.8, 4) is 0 Å². The largest absolute Gasteiger partial charge is 0.342 e. The molecule has 0 aliphatic carbocycles. The lowest BCUT2D eigenvalue weighted by Crippen LogP contribution is -2.28. The van der Waals surface area contributed by atoms with E-state index in [1.54, 1.807) is 42.5 Å². The summed E-state index contributed by atoms with van der Waals surface area (Å²) in [6, 6.07) is 14.0. The van der Waals surface area contributed by atoms with Gasteiger partial charge in [0, 0.05) is 12.1 Å². The Bertz CT molecular complexity index is 1110. The Kier molecular flexibility index (Phi) is 8.08. The summed E-state index contributed by atoms with van der Waals surface area (Å²) in [4.78, 5) is 24.9. The quantitative estimate of drug-likeness (QED) is 0.352. The highest BCUT2D eigenvalue weighted by Gasteiger charge is 2.20. The van der Waals surface area contributed by atoms with Crippen molar-refractivity contribution < 1.29 is 9.59 Å². The first-order valence-electron chi connectivity index (χ1n) is 9.97. The third-order valence-electron chi connectivity index (χ3n) is 4.59. The van der Waals surface area contributed by atoms with Gasteiger partial charge in [-0.15, -0.1) is 16.8 Å². The van der Waals surface area contributed by atoms with Gasteiger partial charge in [0.2, 0.25) is 5.91 Å². The van der Waals surface area contributed by atoms with E-state index in [2.05, 4.69) is 27.4 Å². The smallest absolute Gasteiger partial charge is 0.251 e. The summed E-state index contributed by atoms with van der Waals surface area (Å²) < 4.78 is 1.83. The van der Waals surface area contributed by atoms with Crippen LogP contribution in [0.5, 0.6) is 0 Å². The Labute approximate surface area is 196 Å². The standard InChI is InChI=1S/C23H24ClN5O2S/c1-4-13-29-21(16(3)25-22(31)17-11-9-15(2)10-12-17)27-28-23(29)32-14-20(30)26-19-8-6-5-7-18(19)24/h4-12,16H,1,13-14H2,2-3H3,(H,25,31)(H,26,30)/t16-/m0/s1. The molecule has 0 aliphatic heterocycles. The first-order chi connectivity index (χ1) is 15.4. The topological polar surface area (TPSA) is 88.9 Å². The van der Waals surface area contributed by atoms with Gasteiger partial charge in [0.25, 0.3) is 5.91 Å².